The third-order valence-electron chi connectivity index (χ3n) is 6.55. The number of ether oxygens (including phenoxy) is 2. The fourth-order valence-electron chi connectivity index (χ4n) is 4.83. The molecular formula is C23H22BrF3N6O4. The highest BCUT2D eigenvalue weighted by atomic mass is 79.9. The van der Waals surface area contributed by atoms with Gasteiger partial charge in [-0.25, -0.2) is 27.9 Å². The summed E-state index contributed by atoms with van der Waals surface area (Å²) in [6.07, 6.45) is 3.85. The van der Waals surface area contributed by atoms with Crippen LogP contribution in [-0.4, -0.2) is 51.1 Å². The molecule has 1 aromatic carbocycles. The minimum absolute atomic E-state index is 0.00322. The summed E-state index contributed by atoms with van der Waals surface area (Å²) in [4.78, 5) is 20.4. The van der Waals surface area contributed by atoms with Crippen molar-refractivity contribution in [3.8, 4) is 11.5 Å². The molecule has 1 unspecified atom stereocenters. The summed E-state index contributed by atoms with van der Waals surface area (Å²) in [6.45, 7) is 0.681. The van der Waals surface area contributed by atoms with E-state index in [4.69, 9.17) is 9.47 Å². The Labute approximate surface area is 217 Å². The molecule has 2 aliphatic heterocycles. The van der Waals surface area contributed by atoms with Gasteiger partial charge in [0.05, 0.1) is 12.4 Å². The van der Waals surface area contributed by atoms with Gasteiger partial charge in [-0.05, 0) is 46.8 Å². The van der Waals surface area contributed by atoms with Crippen LogP contribution in [0.1, 0.15) is 48.4 Å². The molecule has 1 amide bonds. The molecule has 3 atom stereocenters. The number of nitrogens with zero attached hydrogens (tertiary/aromatic N) is 3. The summed E-state index contributed by atoms with van der Waals surface area (Å²) in [5, 5.41) is 22.0. The molecule has 5 rings (SSSR count). The highest BCUT2D eigenvalue weighted by Gasteiger charge is 2.50. The van der Waals surface area contributed by atoms with Crippen LogP contribution in [0.15, 0.2) is 29.1 Å². The SMILES string of the molecule is O=C(O)N[C@@]1(c2ncc(Oc3c(Br)n[nH]c3C3CCCCO3)cn2)CNC[C@@H]1c1cc(F)c(F)cc1F. The van der Waals surface area contributed by atoms with Gasteiger partial charge in [0.25, 0.3) is 0 Å². The molecule has 3 aromatic rings. The van der Waals surface area contributed by atoms with Crippen LogP contribution >= 0.6 is 15.9 Å². The standard InChI is InChI=1S/C23H22BrF3N6O4/c24-20-19(18(32-33-20)17-3-1-2-4-36-17)37-11-7-29-21(30-8-11)23(31-22(34)35)10-28-9-13(23)12-5-15(26)16(27)6-14(12)25/h5-8,13,17,28,31H,1-4,9-10H2,(H,32,33)(H,34,35)/t13-,17?,23+/m1/s1. The van der Waals surface area contributed by atoms with Crippen LogP contribution in [0.2, 0.25) is 0 Å². The average molecular weight is 583 g/mol. The van der Waals surface area contributed by atoms with E-state index >= 15 is 0 Å². The smallest absolute Gasteiger partial charge is 0.405 e. The minimum Gasteiger partial charge on any atom is -0.465 e. The first-order valence-electron chi connectivity index (χ1n) is 11.5. The van der Waals surface area contributed by atoms with E-state index in [0.29, 0.717) is 28.7 Å². The molecule has 37 heavy (non-hydrogen) atoms. The second-order valence-corrected chi connectivity index (χ2v) is 9.58. The van der Waals surface area contributed by atoms with E-state index in [0.717, 1.165) is 25.3 Å². The van der Waals surface area contributed by atoms with Gasteiger partial charge >= 0.3 is 6.09 Å². The Balaban J connectivity index is 1.46. The Kier molecular flexibility index (Phi) is 7.05. The quantitative estimate of drug-likeness (QED) is 0.317. The first kappa shape index (κ1) is 25.4. The molecule has 0 saturated carbocycles. The summed E-state index contributed by atoms with van der Waals surface area (Å²) >= 11 is 3.36. The maximum absolute atomic E-state index is 14.7. The Bertz CT molecular complexity index is 1300. The Morgan fingerprint density at radius 3 is 2.65 bits per heavy atom. The molecule has 0 aliphatic carbocycles. The molecule has 196 valence electrons. The van der Waals surface area contributed by atoms with Gasteiger partial charge in [-0.15, -0.1) is 0 Å². The maximum Gasteiger partial charge on any atom is 0.405 e. The van der Waals surface area contributed by atoms with Crippen LogP contribution < -0.4 is 15.4 Å². The number of hydrogen-bond donors (Lipinski definition) is 4. The number of carboxylic acid groups (broad SMARTS) is 1. The van der Waals surface area contributed by atoms with Crippen molar-refractivity contribution in [2.75, 3.05) is 19.7 Å². The number of carbonyl (C=O) groups is 1. The lowest BCUT2D eigenvalue weighted by Crippen LogP contribution is -2.51. The molecule has 14 heteroatoms. The van der Waals surface area contributed by atoms with Crippen molar-refractivity contribution in [3.05, 3.63) is 63.7 Å². The zero-order valence-corrected chi connectivity index (χ0v) is 20.8. The number of rotatable bonds is 6. The second-order valence-electron chi connectivity index (χ2n) is 8.83. The third-order valence-corrected chi connectivity index (χ3v) is 7.08. The molecule has 2 fully saturated rings. The number of halogens is 4. The number of aromatic nitrogens is 4. The zero-order valence-electron chi connectivity index (χ0n) is 19.2. The summed E-state index contributed by atoms with van der Waals surface area (Å²) in [5.74, 6) is -3.93. The lowest BCUT2D eigenvalue weighted by Gasteiger charge is -2.33. The molecule has 0 bridgehead atoms. The largest absolute Gasteiger partial charge is 0.465 e. The van der Waals surface area contributed by atoms with Gasteiger partial charge in [0.2, 0.25) is 0 Å². The molecular weight excluding hydrogens is 561 g/mol. The van der Waals surface area contributed by atoms with Gasteiger partial charge in [0.1, 0.15) is 23.2 Å². The normalized spacial score (nSPS) is 23.7. The topological polar surface area (TPSA) is 134 Å². The average Bonchev–Trinajstić information content (AvgIpc) is 3.46. The zero-order chi connectivity index (χ0) is 26.2. The van der Waals surface area contributed by atoms with Crippen LogP contribution in [0, 0.1) is 17.5 Å². The van der Waals surface area contributed by atoms with Gasteiger partial charge in [-0.3, -0.25) is 5.10 Å². The molecule has 4 N–H and O–H groups in total. The monoisotopic (exact) mass is 582 g/mol. The van der Waals surface area contributed by atoms with Crippen LogP contribution in [0.25, 0.3) is 0 Å². The fraction of sp³-hybridized carbons (Fsp3) is 0.391. The van der Waals surface area contributed by atoms with Gasteiger partial charge in [-0.2, -0.15) is 5.10 Å². The van der Waals surface area contributed by atoms with Crippen molar-refractivity contribution in [1.82, 2.24) is 30.8 Å². The number of hydrogen-bond acceptors (Lipinski definition) is 7. The Morgan fingerprint density at radius 2 is 1.95 bits per heavy atom. The predicted molar refractivity (Wildman–Crippen MR) is 126 cm³/mol. The highest BCUT2D eigenvalue weighted by molar-refractivity contribution is 9.10. The number of amides is 1. The fourth-order valence-corrected chi connectivity index (χ4v) is 5.21. The third kappa shape index (κ3) is 4.88. The van der Waals surface area contributed by atoms with E-state index < -0.39 is 35.0 Å². The molecule has 0 spiro atoms. The van der Waals surface area contributed by atoms with Crippen molar-refractivity contribution < 1.29 is 32.5 Å². The van der Waals surface area contributed by atoms with Crippen molar-refractivity contribution in [1.29, 1.82) is 0 Å². The van der Waals surface area contributed by atoms with E-state index in [9.17, 15) is 23.1 Å². The van der Waals surface area contributed by atoms with E-state index in [1.54, 1.807) is 0 Å². The highest BCUT2D eigenvalue weighted by Crippen LogP contribution is 2.41. The molecule has 2 aromatic heterocycles. The number of H-pyrrole nitrogens is 1. The van der Waals surface area contributed by atoms with Crippen molar-refractivity contribution >= 4 is 22.0 Å². The predicted octanol–water partition coefficient (Wildman–Crippen LogP) is 4.26. The van der Waals surface area contributed by atoms with Crippen molar-refractivity contribution in [2.24, 2.45) is 0 Å². The summed E-state index contributed by atoms with van der Waals surface area (Å²) in [5.41, 5.74) is -1.11. The van der Waals surface area contributed by atoms with E-state index in [2.05, 4.69) is 46.7 Å². The summed E-state index contributed by atoms with van der Waals surface area (Å²) in [6, 6.07) is 1.16. The molecule has 10 nitrogen and oxygen atoms in total. The van der Waals surface area contributed by atoms with E-state index in [-0.39, 0.29) is 36.3 Å². The molecule has 4 heterocycles. The molecule has 0 radical (unpaired) electrons. The van der Waals surface area contributed by atoms with Crippen molar-refractivity contribution in [2.45, 2.75) is 36.8 Å². The van der Waals surface area contributed by atoms with Crippen molar-refractivity contribution in [3.63, 3.8) is 0 Å². The minimum atomic E-state index is -1.56. The van der Waals surface area contributed by atoms with Crippen LogP contribution in [0.3, 0.4) is 0 Å². The van der Waals surface area contributed by atoms with E-state index in [1.807, 2.05) is 0 Å². The van der Waals surface area contributed by atoms with Gasteiger partial charge in [0.15, 0.2) is 33.6 Å². The number of benzene rings is 1. The second kappa shape index (κ2) is 10.3. The summed E-state index contributed by atoms with van der Waals surface area (Å²) in [7, 11) is 0. The number of nitrogens with one attached hydrogen (secondary N) is 3. The number of aromatic amines is 1. The lowest BCUT2D eigenvalue weighted by molar-refractivity contribution is 0.0112. The van der Waals surface area contributed by atoms with Crippen LogP contribution in [-0.2, 0) is 10.3 Å². The van der Waals surface area contributed by atoms with Crippen LogP contribution in [0.5, 0.6) is 11.5 Å². The van der Waals surface area contributed by atoms with E-state index in [1.165, 1.54) is 12.4 Å². The first-order chi connectivity index (χ1) is 17.8. The van der Waals surface area contributed by atoms with Gasteiger partial charge in [0, 0.05) is 31.7 Å². The van der Waals surface area contributed by atoms with Gasteiger partial charge < -0.3 is 25.2 Å². The summed E-state index contributed by atoms with van der Waals surface area (Å²) < 4.78 is 54.5. The Hall–Kier alpha value is -3.23. The maximum atomic E-state index is 14.7. The first-order valence-corrected chi connectivity index (χ1v) is 12.3. The van der Waals surface area contributed by atoms with Crippen LogP contribution in [0.4, 0.5) is 18.0 Å². The Morgan fingerprint density at radius 1 is 1.19 bits per heavy atom. The molecule has 2 aliphatic rings. The molecule has 2 saturated heterocycles. The lowest BCUT2D eigenvalue weighted by atomic mass is 9.80. The van der Waals surface area contributed by atoms with Gasteiger partial charge in [-0.1, -0.05) is 0 Å².